The SMILES string of the molecule is CC(C)N(C(=O)c1cn(-c2ccccc2C(F)(F)F)nn1)c1ccccc1. The second kappa shape index (κ2) is 7.22. The van der Waals surface area contributed by atoms with E-state index in [0.717, 1.165) is 10.7 Å². The fourth-order valence-electron chi connectivity index (χ4n) is 2.75. The van der Waals surface area contributed by atoms with Gasteiger partial charge in [-0.25, -0.2) is 4.68 Å². The number of rotatable bonds is 4. The molecule has 3 aromatic rings. The largest absolute Gasteiger partial charge is 0.418 e. The number of para-hydroxylation sites is 2. The molecule has 0 aliphatic rings. The van der Waals surface area contributed by atoms with E-state index in [1.54, 1.807) is 24.3 Å². The highest BCUT2D eigenvalue weighted by atomic mass is 19.4. The topological polar surface area (TPSA) is 51.0 Å². The van der Waals surface area contributed by atoms with Crippen molar-refractivity contribution in [1.82, 2.24) is 15.0 Å². The average molecular weight is 374 g/mol. The second-order valence-electron chi connectivity index (χ2n) is 6.17. The van der Waals surface area contributed by atoms with Gasteiger partial charge in [-0.15, -0.1) is 5.10 Å². The second-order valence-corrected chi connectivity index (χ2v) is 6.17. The first kappa shape index (κ1) is 18.6. The molecule has 0 spiro atoms. The molecule has 0 atom stereocenters. The summed E-state index contributed by atoms with van der Waals surface area (Å²) in [5, 5.41) is 7.54. The van der Waals surface area contributed by atoms with Gasteiger partial charge in [0.05, 0.1) is 17.4 Å². The Morgan fingerprint density at radius 2 is 1.67 bits per heavy atom. The summed E-state index contributed by atoms with van der Waals surface area (Å²) in [5.41, 5.74) is -0.405. The molecule has 0 fully saturated rings. The van der Waals surface area contributed by atoms with E-state index in [2.05, 4.69) is 10.3 Å². The highest BCUT2D eigenvalue weighted by molar-refractivity contribution is 6.04. The van der Waals surface area contributed by atoms with Crippen LogP contribution in [0.4, 0.5) is 18.9 Å². The average Bonchev–Trinajstić information content (AvgIpc) is 3.12. The lowest BCUT2D eigenvalue weighted by Gasteiger charge is -2.25. The molecular weight excluding hydrogens is 357 g/mol. The van der Waals surface area contributed by atoms with Crippen LogP contribution in [-0.4, -0.2) is 26.9 Å². The number of halogens is 3. The quantitative estimate of drug-likeness (QED) is 0.683. The Kier molecular flexibility index (Phi) is 4.98. The maximum Gasteiger partial charge on any atom is 0.418 e. The van der Waals surface area contributed by atoms with Crippen molar-refractivity contribution in [3.05, 3.63) is 72.1 Å². The van der Waals surface area contributed by atoms with Gasteiger partial charge in [0.1, 0.15) is 0 Å². The lowest BCUT2D eigenvalue weighted by atomic mass is 10.1. The van der Waals surface area contributed by atoms with E-state index >= 15 is 0 Å². The van der Waals surface area contributed by atoms with Crippen LogP contribution >= 0.6 is 0 Å². The molecule has 0 N–H and O–H groups in total. The zero-order valence-corrected chi connectivity index (χ0v) is 14.7. The third kappa shape index (κ3) is 3.84. The van der Waals surface area contributed by atoms with E-state index in [1.165, 1.54) is 29.3 Å². The molecule has 0 bridgehead atoms. The number of aromatic nitrogens is 3. The van der Waals surface area contributed by atoms with Crippen molar-refractivity contribution in [3.63, 3.8) is 0 Å². The van der Waals surface area contributed by atoms with Crippen molar-refractivity contribution in [2.75, 3.05) is 4.90 Å². The van der Waals surface area contributed by atoms with Gasteiger partial charge in [-0.2, -0.15) is 13.2 Å². The predicted octanol–water partition coefficient (Wildman–Crippen LogP) is 4.34. The molecule has 1 amide bonds. The lowest BCUT2D eigenvalue weighted by molar-refractivity contribution is -0.137. The van der Waals surface area contributed by atoms with Crippen molar-refractivity contribution in [3.8, 4) is 5.69 Å². The van der Waals surface area contributed by atoms with E-state index in [-0.39, 0.29) is 17.4 Å². The van der Waals surface area contributed by atoms with Crippen molar-refractivity contribution in [2.24, 2.45) is 0 Å². The zero-order chi connectivity index (χ0) is 19.6. The molecule has 0 saturated heterocycles. The lowest BCUT2D eigenvalue weighted by Crippen LogP contribution is -2.37. The third-order valence-corrected chi connectivity index (χ3v) is 3.94. The fraction of sp³-hybridized carbons (Fsp3) is 0.211. The van der Waals surface area contributed by atoms with Gasteiger partial charge in [0.2, 0.25) is 0 Å². The first-order chi connectivity index (χ1) is 12.8. The van der Waals surface area contributed by atoms with Crippen molar-refractivity contribution in [2.45, 2.75) is 26.1 Å². The number of nitrogens with zero attached hydrogens (tertiary/aromatic N) is 4. The summed E-state index contributed by atoms with van der Waals surface area (Å²) in [7, 11) is 0. The van der Waals surface area contributed by atoms with Crippen LogP contribution in [0, 0.1) is 0 Å². The van der Waals surface area contributed by atoms with Crippen LogP contribution in [0.2, 0.25) is 0 Å². The number of carbonyl (C=O) groups is 1. The van der Waals surface area contributed by atoms with E-state index < -0.39 is 17.6 Å². The smallest absolute Gasteiger partial charge is 0.304 e. The third-order valence-electron chi connectivity index (χ3n) is 3.94. The van der Waals surface area contributed by atoms with Crippen LogP contribution in [0.3, 0.4) is 0 Å². The maximum absolute atomic E-state index is 13.2. The minimum absolute atomic E-state index is 0.0375. The molecule has 0 radical (unpaired) electrons. The van der Waals surface area contributed by atoms with Gasteiger partial charge < -0.3 is 4.90 Å². The summed E-state index contributed by atoms with van der Waals surface area (Å²) in [4.78, 5) is 14.4. The summed E-state index contributed by atoms with van der Waals surface area (Å²) < 4.78 is 40.6. The Morgan fingerprint density at radius 1 is 1.04 bits per heavy atom. The summed E-state index contributed by atoms with van der Waals surface area (Å²) in [6.07, 6.45) is -3.33. The summed E-state index contributed by atoms with van der Waals surface area (Å²) in [6.45, 7) is 3.68. The van der Waals surface area contributed by atoms with Gasteiger partial charge in [0.15, 0.2) is 5.69 Å². The van der Waals surface area contributed by atoms with Crippen LogP contribution in [0.25, 0.3) is 5.69 Å². The van der Waals surface area contributed by atoms with Gasteiger partial charge >= 0.3 is 6.18 Å². The van der Waals surface area contributed by atoms with Crippen molar-refractivity contribution in [1.29, 1.82) is 0 Å². The molecule has 0 unspecified atom stereocenters. The molecule has 0 aliphatic heterocycles. The minimum atomic E-state index is -4.54. The Bertz CT molecular complexity index is 935. The van der Waals surface area contributed by atoms with Gasteiger partial charge in [-0.3, -0.25) is 4.79 Å². The van der Waals surface area contributed by atoms with E-state index in [4.69, 9.17) is 0 Å². The molecule has 1 heterocycles. The first-order valence-corrected chi connectivity index (χ1v) is 8.26. The Morgan fingerprint density at radius 3 is 2.30 bits per heavy atom. The van der Waals surface area contributed by atoms with Gasteiger partial charge in [0.25, 0.3) is 5.91 Å². The van der Waals surface area contributed by atoms with Gasteiger partial charge in [-0.05, 0) is 38.1 Å². The number of anilines is 1. The summed E-state index contributed by atoms with van der Waals surface area (Å²) in [6, 6.07) is 13.8. The first-order valence-electron chi connectivity index (χ1n) is 8.26. The molecular formula is C19H17F3N4O. The summed E-state index contributed by atoms with van der Waals surface area (Å²) in [5.74, 6) is -0.438. The predicted molar refractivity (Wildman–Crippen MR) is 94.7 cm³/mol. The highest BCUT2D eigenvalue weighted by Crippen LogP contribution is 2.33. The van der Waals surface area contributed by atoms with Crippen LogP contribution < -0.4 is 4.90 Å². The number of benzene rings is 2. The van der Waals surface area contributed by atoms with Crippen LogP contribution in [-0.2, 0) is 6.18 Å². The molecule has 2 aromatic carbocycles. The fourth-order valence-corrected chi connectivity index (χ4v) is 2.75. The molecule has 5 nitrogen and oxygen atoms in total. The molecule has 3 rings (SSSR count). The molecule has 27 heavy (non-hydrogen) atoms. The standard InChI is InChI=1S/C19H17F3N4O/c1-13(2)26(14-8-4-3-5-9-14)18(27)16-12-25(24-23-16)17-11-7-6-10-15(17)19(20,21)22/h3-13H,1-2H3. The Labute approximate surface area is 154 Å². The molecule has 0 saturated carbocycles. The number of hydrogen-bond donors (Lipinski definition) is 0. The highest BCUT2D eigenvalue weighted by Gasteiger charge is 2.34. The van der Waals surface area contributed by atoms with Crippen LogP contribution in [0.5, 0.6) is 0 Å². The maximum atomic E-state index is 13.2. The Hall–Kier alpha value is -3.16. The molecule has 1 aromatic heterocycles. The number of alkyl halides is 3. The molecule has 0 aliphatic carbocycles. The Balaban J connectivity index is 1.98. The normalized spacial score (nSPS) is 11.6. The minimum Gasteiger partial charge on any atom is -0.304 e. The van der Waals surface area contributed by atoms with E-state index in [0.29, 0.717) is 5.69 Å². The van der Waals surface area contributed by atoms with Gasteiger partial charge in [-0.1, -0.05) is 35.5 Å². The summed E-state index contributed by atoms with van der Waals surface area (Å²) >= 11 is 0. The van der Waals surface area contributed by atoms with Crippen molar-refractivity contribution >= 4 is 11.6 Å². The van der Waals surface area contributed by atoms with Crippen LogP contribution in [0.15, 0.2) is 60.8 Å². The molecule has 140 valence electrons. The van der Waals surface area contributed by atoms with E-state index in [9.17, 15) is 18.0 Å². The number of hydrogen-bond acceptors (Lipinski definition) is 3. The number of amides is 1. The molecule has 8 heteroatoms. The zero-order valence-electron chi connectivity index (χ0n) is 14.7. The van der Waals surface area contributed by atoms with Crippen molar-refractivity contribution < 1.29 is 18.0 Å². The van der Waals surface area contributed by atoms with E-state index in [1.807, 2.05) is 19.9 Å². The van der Waals surface area contributed by atoms with Crippen LogP contribution in [0.1, 0.15) is 29.9 Å². The van der Waals surface area contributed by atoms with Gasteiger partial charge in [0, 0.05) is 11.7 Å². The number of carbonyl (C=O) groups excluding carboxylic acids is 1. The monoisotopic (exact) mass is 374 g/mol.